The number of ether oxygens (including phenoxy) is 2. The first kappa shape index (κ1) is 16.0. The van der Waals surface area contributed by atoms with Gasteiger partial charge in [0, 0.05) is 23.4 Å². The van der Waals surface area contributed by atoms with Gasteiger partial charge in [-0.05, 0) is 19.4 Å². The third kappa shape index (κ3) is 3.86. The molecule has 0 amide bonds. The molecule has 0 aliphatic rings. The monoisotopic (exact) mass is 317 g/mol. The third-order valence-corrected chi connectivity index (χ3v) is 3.23. The van der Waals surface area contributed by atoms with Crippen LogP contribution in [0.5, 0.6) is 5.75 Å². The smallest absolute Gasteiger partial charge is 0.374 e. The zero-order chi connectivity index (χ0) is 16.1. The van der Waals surface area contributed by atoms with Gasteiger partial charge in [-0.25, -0.2) is 9.78 Å². The van der Waals surface area contributed by atoms with Gasteiger partial charge in [-0.1, -0.05) is 41.9 Å². The lowest BCUT2D eigenvalue weighted by Crippen LogP contribution is -2.13. The molecule has 1 heterocycles. The summed E-state index contributed by atoms with van der Waals surface area (Å²) in [5.41, 5.74) is 2.25. The second kappa shape index (κ2) is 7.09. The standard InChI is InChI=1S/C17H16ClNO3/c1-11-9-14(10-15(18)19-11)22-16(17(20)21-3)12(2)13-7-5-4-6-8-13/h4-10H,1-3H3/b16-12+. The minimum Gasteiger partial charge on any atom is -0.463 e. The van der Waals surface area contributed by atoms with E-state index < -0.39 is 5.97 Å². The summed E-state index contributed by atoms with van der Waals surface area (Å²) in [5, 5.41) is 0.302. The van der Waals surface area contributed by atoms with Gasteiger partial charge in [0.2, 0.25) is 5.76 Å². The molecule has 0 aliphatic heterocycles. The molecule has 4 nitrogen and oxygen atoms in total. The molecule has 114 valence electrons. The van der Waals surface area contributed by atoms with E-state index in [-0.39, 0.29) is 5.76 Å². The second-order valence-electron chi connectivity index (χ2n) is 4.68. The topological polar surface area (TPSA) is 48.4 Å². The highest BCUT2D eigenvalue weighted by molar-refractivity contribution is 6.29. The van der Waals surface area contributed by atoms with E-state index in [1.54, 1.807) is 26.0 Å². The molecule has 0 unspecified atom stereocenters. The molecule has 22 heavy (non-hydrogen) atoms. The summed E-state index contributed by atoms with van der Waals surface area (Å²) in [5.74, 6) is 0.00971. The van der Waals surface area contributed by atoms with E-state index in [2.05, 4.69) is 4.98 Å². The van der Waals surface area contributed by atoms with Crippen LogP contribution in [-0.2, 0) is 9.53 Å². The number of halogens is 1. The molecule has 0 fully saturated rings. The van der Waals surface area contributed by atoms with Gasteiger partial charge in [-0.3, -0.25) is 0 Å². The highest BCUT2D eigenvalue weighted by Gasteiger charge is 2.18. The highest BCUT2D eigenvalue weighted by atomic mass is 35.5. The SMILES string of the molecule is COC(=O)/C(Oc1cc(C)nc(Cl)c1)=C(/C)c1ccccc1. The number of esters is 1. The first-order valence-electron chi connectivity index (χ1n) is 6.68. The van der Waals surface area contributed by atoms with Crippen LogP contribution in [0.3, 0.4) is 0 Å². The Morgan fingerprint density at radius 1 is 1.18 bits per heavy atom. The third-order valence-electron chi connectivity index (χ3n) is 3.03. The molecular weight excluding hydrogens is 302 g/mol. The van der Waals surface area contributed by atoms with Crippen molar-refractivity contribution in [1.82, 2.24) is 4.98 Å². The lowest BCUT2D eigenvalue weighted by Gasteiger charge is -2.13. The number of methoxy groups -OCH3 is 1. The molecule has 5 heteroatoms. The number of hydrogen-bond donors (Lipinski definition) is 0. The fourth-order valence-corrected chi connectivity index (χ4v) is 2.20. The average Bonchev–Trinajstić information content (AvgIpc) is 2.51. The molecule has 0 saturated heterocycles. The van der Waals surface area contributed by atoms with E-state index in [0.29, 0.717) is 22.2 Å². The largest absolute Gasteiger partial charge is 0.463 e. The molecule has 2 rings (SSSR count). The molecule has 0 radical (unpaired) electrons. The van der Waals surface area contributed by atoms with Crippen LogP contribution < -0.4 is 4.74 Å². The first-order chi connectivity index (χ1) is 10.5. The van der Waals surface area contributed by atoms with E-state index in [0.717, 1.165) is 5.56 Å². The minimum atomic E-state index is -0.549. The predicted molar refractivity (Wildman–Crippen MR) is 85.7 cm³/mol. The summed E-state index contributed by atoms with van der Waals surface area (Å²) >= 11 is 5.92. The quantitative estimate of drug-likeness (QED) is 0.370. The van der Waals surface area contributed by atoms with E-state index in [1.165, 1.54) is 7.11 Å². The van der Waals surface area contributed by atoms with Gasteiger partial charge >= 0.3 is 5.97 Å². The van der Waals surface area contributed by atoms with Crippen LogP contribution in [0, 0.1) is 6.92 Å². The zero-order valence-electron chi connectivity index (χ0n) is 12.6. The summed E-state index contributed by atoms with van der Waals surface area (Å²) < 4.78 is 10.5. The Morgan fingerprint density at radius 2 is 1.86 bits per heavy atom. The number of carbonyl (C=O) groups excluding carboxylic acids is 1. The van der Waals surface area contributed by atoms with Crippen molar-refractivity contribution in [2.24, 2.45) is 0 Å². The molecule has 1 aromatic heterocycles. The van der Waals surface area contributed by atoms with Crippen LogP contribution in [0.15, 0.2) is 48.2 Å². The fourth-order valence-electron chi connectivity index (χ4n) is 1.96. The maximum absolute atomic E-state index is 12.0. The van der Waals surface area contributed by atoms with Gasteiger partial charge in [0.05, 0.1) is 7.11 Å². The van der Waals surface area contributed by atoms with Crippen LogP contribution in [-0.4, -0.2) is 18.1 Å². The zero-order valence-corrected chi connectivity index (χ0v) is 13.3. The molecular formula is C17H16ClNO3. The van der Waals surface area contributed by atoms with E-state index in [1.807, 2.05) is 30.3 Å². The van der Waals surface area contributed by atoms with Gasteiger partial charge < -0.3 is 9.47 Å². The summed E-state index contributed by atoms with van der Waals surface area (Å²) in [7, 11) is 1.31. The van der Waals surface area contributed by atoms with Crippen LogP contribution in [0.1, 0.15) is 18.2 Å². The van der Waals surface area contributed by atoms with E-state index in [9.17, 15) is 4.79 Å². The van der Waals surface area contributed by atoms with Crippen LogP contribution in [0.25, 0.3) is 5.57 Å². The molecule has 0 spiro atoms. The molecule has 0 atom stereocenters. The Balaban J connectivity index is 2.45. The molecule has 0 aliphatic carbocycles. The number of pyridine rings is 1. The second-order valence-corrected chi connectivity index (χ2v) is 5.07. The summed E-state index contributed by atoms with van der Waals surface area (Å²) in [6, 6.07) is 12.7. The predicted octanol–water partition coefficient (Wildman–Crippen LogP) is 4.03. The van der Waals surface area contributed by atoms with Crippen LogP contribution >= 0.6 is 11.6 Å². The molecule has 1 aromatic carbocycles. The van der Waals surface area contributed by atoms with Gasteiger partial charge in [0.1, 0.15) is 10.9 Å². The highest BCUT2D eigenvalue weighted by Crippen LogP contribution is 2.25. The van der Waals surface area contributed by atoms with Crippen molar-refractivity contribution in [2.75, 3.05) is 7.11 Å². The van der Waals surface area contributed by atoms with Crippen molar-refractivity contribution in [3.8, 4) is 5.75 Å². The van der Waals surface area contributed by atoms with Crippen molar-refractivity contribution < 1.29 is 14.3 Å². The van der Waals surface area contributed by atoms with Crippen molar-refractivity contribution in [1.29, 1.82) is 0 Å². The van der Waals surface area contributed by atoms with Crippen LogP contribution in [0.4, 0.5) is 0 Å². The number of hydrogen-bond acceptors (Lipinski definition) is 4. The van der Waals surface area contributed by atoms with E-state index >= 15 is 0 Å². The number of nitrogens with zero attached hydrogens (tertiary/aromatic N) is 1. The van der Waals surface area contributed by atoms with Gasteiger partial charge in [0.25, 0.3) is 0 Å². The number of benzene rings is 1. The first-order valence-corrected chi connectivity index (χ1v) is 7.05. The fraction of sp³-hybridized carbons (Fsp3) is 0.176. The molecule has 0 N–H and O–H groups in total. The minimum absolute atomic E-state index is 0.121. The van der Waals surface area contributed by atoms with E-state index in [4.69, 9.17) is 21.1 Å². The van der Waals surface area contributed by atoms with Crippen molar-refractivity contribution >= 4 is 23.1 Å². The number of carbonyl (C=O) groups is 1. The Labute approximate surface area is 134 Å². The lowest BCUT2D eigenvalue weighted by atomic mass is 10.1. The van der Waals surface area contributed by atoms with Crippen molar-refractivity contribution in [3.05, 3.63) is 64.6 Å². The molecule has 0 saturated carbocycles. The number of rotatable bonds is 4. The normalized spacial score (nSPS) is 11.6. The van der Waals surface area contributed by atoms with Gasteiger partial charge in [0.15, 0.2) is 0 Å². The number of aromatic nitrogens is 1. The van der Waals surface area contributed by atoms with Gasteiger partial charge in [-0.2, -0.15) is 0 Å². The number of allylic oxidation sites excluding steroid dienone is 1. The summed E-state index contributed by atoms with van der Waals surface area (Å²) in [6.45, 7) is 3.60. The maximum Gasteiger partial charge on any atom is 0.374 e. The Kier molecular flexibility index (Phi) is 5.17. The Bertz CT molecular complexity index is 691. The maximum atomic E-state index is 12.0. The average molecular weight is 318 g/mol. The Hall–Kier alpha value is -2.33. The lowest BCUT2D eigenvalue weighted by molar-refractivity contribution is -0.138. The molecule has 0 bridgehead atoms. The summed E-state index contributed by atoms with van der Waals surface area (Å²) in [4.78, 5) is 16.1. The summed E-state index contributed by atoms with van der Waals surface area (Å²) in [6.07, 6.45) is 0. The Morgan fingerprint density at radius 3 is 2.45 bits per heavy atom. The van der Waals surface area contributed by atoms with Crippen LogP contribution in [0.2, 0.25) is 5.15 Å². The molecule has 2 aromatic rings. The van der Waals surface area contributed by atoms with Crippen molar-refractivity contribution in [3.63, 3.8) is 0 Å². The number of aryl methyl sites for hydroxylation is 1. The van der Waals surface area contributed by atoms with Crippen molar-refractivity contribution in [2.45, 2.75) is 13.8 Å². The van der Waals surface area contributed by atoms with Gasteiger partial charge in [-0.15, -0.1) is 0 Å².